The summed E-state index contributed by atoms with van der Waals surface area (Å²) in [4.78, 5) is 7.57. The number of aromatic nitrogens is 2. The summed E-state index contributed by atoms with van der Waals surface area (Å²) in [6.07, 6.45) is 7.00. The molecule has 0 unspecified atom stereocenters. The molecule has 2 aromatic heterocycles. The summed E-state index contributed by atoms with van der Waals surface area (Å²) >= 11 is 0. The van der Waals surface area contributed by atoms with E-state index in [9.17, 15) is 0 Å². The molecule has 2 rings (SSSR count). The third kappa shape index (κ3) is 7.19. The van der Waals surface area contributed by atoms with Crippen LogP contribution in [-0.4, -0.2) is 9.97 Å². The summed E-state index contributed by atoms with van der Waals surface area (Å²) in [7, 11) is 0. The van der Waals surface area contributed by atoms with Crippen LogP contribution in [0.2, 0.25) is 0 Å². The molecule has 0 N–H and O–H groups in total. The van der Waals surface area contributed by atoms with E-state index in [1.54, 1.807) is 24.8 Å². The smallest absolute Gasteiger partial charge is 0.0267 e. The number of rotatable bonds is 0. The van der Waals surface area contributed by atoms with E-state index in [1.165, 1.54) is 0 Å². The fraction of sp³-hybridized carbons (Fsp3) is 0. The van der Waals surface area contributed by atoms with Crippen LogP contribution in [0, 0.1) is 0 Å². The minimum atomic E-state index is 0. The summed E-state index contributed by atoms with van der Waals surface area (Å²) in [6.45, 7) is 0. The SMILES string of the molecule is [Cu].c1ccncc1.c1ccncc1. The zero-order chi connectivity index (χ0) is 8.49. The zero-order valence-corrected chi connectivity index (χ0v) is 7.91. The van der Waals surface area contributed by atoms with Gasteiger partial charge >= 0.3 is 0 Å². The van der Waals surface area contributed by atoms with Crippen molar-refractivity contribution in [1.29, 1.82) is 0 Å². The molecule has 13 heavy (non-hydrogen) atoms. The fourth-order valence-corrected chi connectivity index (χ4v) is 0.625. The van der Waals surface area contributed by atoms with Crippen molar-refractivity contribution in [2.75, 3.05) is 0 Å². The summed E-state index contributed by atoms with van der Waals surface area (Å²) in [5.74, 6) is 0. The van der Waals surface area contributed by atoms with Crippen LogP contribution in [0.3, 0.4) is 0 Å². The number of nitrogens with zero attached hydrogens (tertiary/aromatic N) is 2. The molecule has 2 heterocycles. The fourth-order valence-electron chi connectivity index (χ4n) is 0.625. The van der Waals surface area contributed by atoms with Crippen molar-refractivity contribution in [2.24, 2.45) is 0 Å². The first-order chi connectivity index (χ1) is 6.00. The Balaban J connectivity index is 0.000000206. The zero-order valence-electron chi connectivity index (χ0n) is 6.97. The Morgan fingerprint density at radius 3 is 0.846 bits per heavy atom. The largest absolute Gasteiger partial charge is 0.265 e. The second-order valence-electron chi connectivity index (χ2n) is 2.05. The van der Waals surface area contributed by atoms with E-state index in [4.69, 9.17) is 0 Å². The van der Waals surface area contributed by atoms with Crippen molar-refractivity contribution >= 4 is 0 Å². The van der Waals surface area contributed by atoms with Gasteiger partial charge in [-0.2, -0.15) is 0 Å². The number of hydrogen-bond acceptors (Lipinski definition) is 2. The van der Waals surface area contributed by atoms with Crippen molar-refractivity contribution in [1.82, 2.24) is 9.97 Å². The maximum Gasteiger partial charge on any atom is 0.0267 e. The van der Waals surface area contributed by atoms with Crippen molar-refractivity contribution in [2.45, 2.75) is 0 Å². The molecule has 0 fully saturated rings. The second kappa shape index (κ2) is 8.91. The van der Waals surface area contributed by atoms with E-state index < -0.39 is 0 Å². The van der Waals surface area contributed by atoms with Gasteiger partial charge in [0.05, 0.1) is 0 Å². The molecule has 0 aliphatic heterocycles. The van der Waals surface area contributed by atoms with Gasteiger partial charge in [-0.1, -0.05) is 12.1 Å². The minimum Gasteiger partial charge on any atom is -0.265 e. The first-order valence-corrected chi connectivity index (χ1v) is 3.70. The third-order valence-corrected chi connectivity index (χ3v) is 1.13. The molecular weight excluding hydrogens is 212 g/mol. The Morgan fingerprint density at radius 2 is 0.769 bits per heavy atom. The van der Waals surface area contributed by atoms with Crippen molar-refractivity contribution < 1.29 is 17.1 Å². The van der Waals surface area contributed by atoms with Crippen LogP contribution in [0.1, 0.15) is 0 Å². The summed E-state index contributed by atoms with van der Waals surface area (Å²) in [5, 5.41) is 0. The molecule has 0 bridgehead atoms. The van der Waals surface area contributed by atoms with Crippen LogP contribution in [0.4, 0.5) is 0 Å². The van der Waals surface area contributed by atoms with Crippen LogP contribution in [0.15, 0.2) is 61.2 Å². The molecule has 0 saturated carbocycles. The van der Waals surface area contributed by atoms with Crippen LogP contribution >= 0.6 is 0 Å². The summed E-state index contributed by atoms with van der Waals surface area (Å²) in [5.41, 5.74) is 0. The van der Waals surface area contributed by atoms with E-state index in [1.807, 2.05) is 36.4 Å². The molecule has 0 aliphatic carbocycles. The van der Waals surface area contributed by atoms with Gasteiger partial charge in [-0.25, -0.2) is 0 Å². The Kier molecular flexibility index (Phi) is 8.10. The van der Waals surface area contributed by atoms with Crippen molar-refractivity contribution in [3.05, 3.63) is 61.2 Å². The predicted molar refractivity (Wildman–Crippen MR) is 48.5 cm³/mol. The molecule has 1 radical (unpaired) electrons. The Labute approximate surface area is 88.5 Å². The molecule has 2 aromatic rings. The third-order valence-electron chi connectivity index (χ3n) is 1.13. The van der Waals surface area contributed by atoms with Gasteiger partial charge in [0.1, 0.15) is 0 Å². The van der Waals surface area contributed by atoms with Gasteiger partial charge in [0.2, 0.25) is 0 Å². The molecule has 0 spiro atoms. The van der Waals surface area contributed by atoms with Gasteiger partial charge in [0.25, 0.3) is 0 Å². The van der Waals surface area contributed by atoms with Gasteiger partial charge in [-0.15, -0.1) is 0 Å². The summed E-state index contributed by atoms with van der Waals surface area (Å²) in [6, 6.07) is 11.4. The average molecular weight is 222 g/mol. The van der Waals surface area contributed by atoms with E-state index in [0.717, 1.165) is 0 Å². The maximum atomic E-state index is 3.78. The Hall–Kier alpha value is -1.18. The first-order valence-electron chi connectivity index (χ1n) is 3.70. The molecule has 3 heteroatoms. The molecule has 0 amide bonds. The van der Waals surface area contributed by atoms with Crippen molar-refractivity contribution in [3.8, 4) is 0 Å². The monoisotopic (exact) mass is 221 g/mol. The van der Waals surface area contributed by atoms with Crippen LogP contribution in [0.25, 0.3) is 0 Å². The van der Waals surface area contributed by atoms with E-state index in [-0.39, 0.29) is 17.1 Å². The van der Waals surface area contributed by atoms with Crippen LogP contribution in [0.5, 0.6) is 0 Å². The summed E-state index contributed by atoms with van der Waals surface area (Å²) < 4.78 is 0. The van der Waals surface area contributed by atoms with Gasteiger partial charge < -0.3 is 0 Å². The number of pyridine rings is 2. The van der Waals surface area contributed by atoms with Crippen LogP contribution in [-0.2, 0) is 17.1 Å². The molecule has 2 nitrogen and oxygen atoms in total. The number of hydrogen-bond donors (Lipinski definition) is 0. The molecule has 0 atom stereocenters. The standard InChI is InChI=1S/2C5H5N.Cu/c2*1-2-4-6-5-3-1;/h2*1-5H;. The molecule has 0 aliphatic rings. The van der Waals surface area contributed by atoms with Gasteiger partial charge in [0, 0.05) is 41.9 Å². The van der Waals surface area contributed by atoms with E-state index in [0.29, 0.717) is 0 Å². The quantitative estimate of drug-likeness (QED) is 0.638. The van der Waals surface area contributed by atoms with E-state index >= 15 is 0 Å². The average Bonchev–Trinajstić information content (AvgIpc) is 2.24. The van der Waals surface area contributed by atoms with Gasteiger partial charge in [-0.05, 0) is 24.3 Å². The Bertz CT molecular complexity index is 188. The molecular formula is C10H10CuN2. The molecule has 0 saturated heterocycles. The topological polar surface area (TPSA) is 25.8 Å². The van der Waals surface area contributed by atoms with Crippen molar-refractivity contribution in [3.63, 3.8) is 0 Å². The van der Waals surface area contributed by atoms with Crippen LogP contribution < -0.4 is 0 Å². The maximum absolute atomic E-state index is 3.78. The van der Waals surface area contributed by atoms with Gasteiger partial charge in [0.15, 0.2) is 0 Å². The second-order valence-corrected chi connectivity index (χ2v) is 2.05. The van der Waals surface area contributed by atoms with Gasteiger partial charge in [-0.3, -0.25) is 9.97 Å². The minimum absolute atomic E-state index is 0. The predicted octanol–water partition coefficient (Wildman–Crippen LogP) is 2.16. The molecule has 0 aromatic carbocycles. The Morgan fingerprint density at radius 1 is 0.462 bits per heavy atom. The normalized spacial score (nSPS) is 7.38. The molecule has 71 valence electrons. The first kappa shape index (κ1) is 11.8. The van der Waals surface area contributed by atoms with E-state index in [2.05, 4.69) is 9.97 Å².